The molecule has 0 N–H and O–H groups in total. The molecule has 1 rings (SSSR count). The van der Waals surface area contributed by atoms with Gasteiger partial charge in [0, 0.05) is 6.54 Å². The van der Waals surface area contributed by atoms with Gasteiger partial charge in [0.05, 0.1) is 7.11 Å². The van der Waals surface area contributed by atoms with Crippen LogP contribution in [0.5, 0.6) is 0 Å². The Morgan fingerprint density at radius 2 is 1.95 bits per heavy atom. The van der Waals surface area contributed by atoms with Crippen molar-refractivity contribution in [1.82, 2.24) is 4.90 Å². The largest absolute Gasteiger partial charge is 0.467 e. The van der Waals surface area contributed by atoms with Crippen LogP contribution in [-0.4, -0.2) is 42.3 Å². The van der Waals surface area contributed by atoms with Crippen molar-refractivity contribution in [3.63, 3.8) is 0 Å². The molecule has 1 saturated heterocycles. The minimum Gasteiger partial charge on any atom is -0.467 e. The van der Waals surface area contributed by atoms with Crippen LogP contribution in [-0.2, 0) is 14.3 Å². The van der Waals surface area contributed by atoms with Crippen LogP contribution in [0.2, 0.25) is 0 Å². The molecule has 0 radical (unpaired) electrons. The van der Waals surface area contributed by atoms with Crippen LogP contribution >= 0.6 is 0 Å². The summed E-state index contributed by atoms with van der Waals surface area (Å²) in [5, 5.41) is 0. The molecule has 0 aromatic rings. The van der Waals surface area contributed by atoms with Gasteiger partial charge in [0.2, 0.25) is 0 Å². The van der Waals surface area contributed by atoms with Gasteiger partial charge in [-0.3, -0.25) is 4.90 Å². The Hall–Kier alpha value is -1.26. The predicted molar refractivity (Wildman–Crippen MR) is 76.4 cm³/mol. The molecular weight excluding hydrogens is 258 g/mol. The highest BCUT2D eigenvalue weighted by Crippen LogP contribution is 2.29. The number of methoxy groups -OCH3 is 1. The second-order valence-corrected chi connectivity index (χ2v) is 6.42. The summed E-state index contributed by atoms with van der Waals surface area (Å²) in [7, 11) is 1.36. The van der Waals surface area contributed by atoms with Gasteiger partial charge < -0.3 is 9.47 Å². The normalized spacial score (nSPS) is 22.8. The third kappa shape index (κ3) is 4.69. The van der Waals surface area contributed by atoms with Gasteiger partial charge in [0.15, 0.2) is 0 Å². The van der Waals surface area contributed by atoms with E-state index in [0.717, 1.165) is 19.3 Å². The van der Waals surface area contributed by atoms with Gasteiger partial charge in [-0.1, -0.05) is 19.8 Å². The van der Waals surface area contributed by atoms with Crippen molar-refractivity contribution in [3.8, 4) is 0 Å². The van der Waals surface area contributed by atoms with Gasteiger partial charge in [-0.05, 0) is 39.5 Å². The number of esters is 1. The summed E-state index contributed by atoms with van der Waals surface area (Å²) in [5.74, 6) is 0.00132. The summed E-state index contributed by atoms with van der Waals surface area (Å²) in [6.45, 7) is 8.18. The highest BCUT2D eigenvalue weighted by Gasteiger charge is 2.41. The monoisotopic (exact) mass is 285 g/mol. The Morgan fingerprint density at radius 1 is 1.30 bits per heavy atom. The summed E-state index contributed by atoms with van der Waals surface area (Å²) in [6.07, 6.45) is 3.51. The standard InChI is InChI=1S/C15H27NO4/c1-6-7-8-11-9-12(13(17)19-5)16(10-11)14(18)20-15(2,3)4/h11-12H,6-10H2,1-5H3/t11-,12+/m1/s1. The highest BCUT2D eigenvalue weighted by molar-refractivity contribution is 5.82. The van der Waals surface area contributed by atoms with Crippen LogP contribution in [0, 0.1) is 5.92 Å². The smallest absolute Gasteiger partial charge is 0.411 e. The lowest BCUT2D eigenvalue weighted by atomic mass is 9.99. The molecule has 5 nitrogen and oxygen atoms in total. The average molecular weight is 285 g/mol. The van der Waals surface area contributed by atoms with Crippen LogP contribution in [0.15, 0.2) is 0 Å². The zero-order chi connectivity index (χ0) is 15.3. The molecule has 0 aromatic heterocycles. The van der Waals surface area contributed by atoms with Gasteiger partial charge in [-0.25, -0.2) is 9.59 Å². The molecule has 1 heterocycles. The van der Waals surface area contributed by atoms with E-state index in [-0.39, 0.29) is 5.97 Å². The topological polar surface area (TPSA) is 55.8 Å². The molecule has 1 aliphatic heterocycles. The van der Waals surface area contributed by atoms with Gasteiger partial charge in [-0.15, -0.1) is 0 Å². The van der Waals surface area contributed by atoms with E-state index in [0.29, 0.717) is 18.9 Å². The summed E-state index contributed by atoms with van der Waals surface area (Å²) in [4.78, 5) is 25.6. The second kappa shape index (κ2) is 6.95. The first-order valence-corrected chi connectivity index (χ1v) is 7.36. The van der Waals surface area contributed by atoms with Gasteiger partial charge >= 0.3 is 12.1 Å². The number of ether oxygens (including phenoxy) is 2. The third-order valence-corrected chi connectivity index (χ3v) is 3.45. The SMILES string of the molecule is CCCC[C@@H]1C[C@@H](C(=O)OC)N(C(=O)OC(C)(C)C)C1. The number of amides is 1. The number of hydrogen-bond acceptors (Lipinski definition) is 4. The summed E-state index contributed by atoms with van der Waals surface area (Å²) in [5.41, 5.74) is -0.556. The van der Waals surface area contributed by atoms with Crippen molar-refractivity contribution >= 4 is 12.1 Å². The van der Waals surface area contributed by atoms with Crippen LogP contribution in [0.25, 0.3) is 0 Å². The quantitative estimate of drug-likeness (QED) is 0.745. The van der Waals surface area contributed by atoms with Crippen molar-refractivity contribution in [2.75, 3.05) is 13.7 Å². The van der Waals surface area contributed by atoms with E-state index >= 15 is 0 Å². The first-order valence-electron chi connectivity index (χ1n) is 7.36. The molecule has 20 heavy (non-hydrogen) atoms. The molecule has 5 heteroatoms. The Balaban J connectivity index is 2.73. The molecule has 1 aliphatic rings. The molecule has 0 bridgehead atoms. The van der Waals surface area contributed by atoms with E-state index < -0.39 is 17.7 Å². The number of unbranched alkanes of at least 4 members (excludes halogenated alkanes) is 1. The highest BCUT2D eigenvalue weighted by atomic mass is 16.6. The minimum absolute atomic E-state index is 0.352. The molecule has 0 saturated carbocycles. The molecule has 2 atom stereocenters. The summed E-state index contributed by atoms with van der Waals surface area (Å²) < 4.78 is 10.2. The van der Waals surface area contributed by atoms with Gasteiger partial charge in [0.25, 0.3) is 0 Å². The number of rotatable bonds is 4. The zero-order valence-corrected chi connectivity index (χ0v) is 13.3. The molecule has 0 aromatic carbocycles. The lowest BCUT2D eigenvalue weighted by Crippen LogP contribution is -2.43. The van der Waals surface area contributed by atoms with Gasteiger partial charge in [0.1, 0.15) is 11.6 Å². The Labute approximate surface area is 121 Å². The number of nitrogens with zero attached hydrogens (tertiary/aromatic N) is 1. The Morgan fingerprint density at radius 3 is 2.45 bits per heavy atom. The maximum Gasteiger partial charge on any atom is 0.411 e. The number of hydrogen-bond donors (Lipinski definition) is 0. The zero-order valence-electron chi connectivity index (χ0n) is 13.3. The van der Waals surface area contributed by atoms with E-state index in [1.165, 1.54) is 12.0 Å². The predicted octanol–water partition coefficient (Wildman–Crippen LogP) is 2.98. The number of likely N-dealkylation sites (tertiary alicyclic amines) is 1. The fraction of sp³-hybridized carbons (Fsp3) is 0.867. The fourth-order valence-corrected chi connectivity index (χ4v) is 2.51. The lowest BCUT2D eigenvalue weighted by molar-refractivity contribution is -0.145. The van der Waals surface area contributed by atoms with E-state index in [9.17, 15) is 9.59 Å². The average Bonchev–Trinajstić information content (AvgIpc) is 2.77. The number of carbonyl (C=O) groups is 2. The molecule has 116 valence electrons. The molecule has 1 amide bonds. The van der Waals surface area contributed by atoms with Crippen LogP contribution in [0.3, 0.4) is 0 Å². The molecule has 0 aliphatic carbocycles. The number of carbonyl (C=O) groups excluding carboxylic acids is 2. The van der Waals surface area contributed by atoms with Crippen molar-refractivity contribution in [3.05, 3.63) is 0 Å². The third-order valence-electron chi connectivity index (χ3n) is 3.45. The fourth-order valence-electron chi connectivity index (χ4n) is 2.51. The first-order chi connectivity index (χ1) is 9.28. The molecular formula is C15H27NO4. The van der Waals surface area contributed by atoms with Crippen molar-refractivity contribution < 1.29 is 19.1 Å². The van der Waals surface area contributed by atoms with Crippen molar-refractivity contribution in [2.45, 2.75) is 65.0 Å². The van der Waals surface area contributed by atoms with E-state index in [4.69, 9.17) is 9.47 Å². The van der Waals surface area contributed by atoms with Crippen LogP contribution < -0.4 is 0 Å². The Kier molecular flexibility index (Phi) is 5.84. The molecule has 1 fully saturated rings. The van der Waals surface area contributed by atoms with E-state index in [2.05, 4.69) is 6.92 Å². The van der Waals surface area contributed by atoms with Crippen LogP contribution in [0.1, 0.15) is 53.4 Å². The van der Waals surface area contributed by atoms with Crippen molar-refractivity contribution in [2.24, 2.45) is 5.92 Å². The van der Waals surface area contributed by atoms with Crippen molar-refractivity contribution in [1.29, 1.82) is 0 Å². The Bertz CT molecular complexity index is 348. The van der Waals surface area contributed by atoms with E-state index in [1.807, 2.05) is 20.8 Å². The maximum atomic E-state index is 12.2. The molecule has 0 unspecified atom stereocenters. The van der Waals surface area contributed by atoms with Crippen LogP contribution in [0.4, 0.5) is 4.79 Å². The second-order valence-electron chi connectivity index (χ2n) is 6.42. The lowest BCUT2D eigenvalue weighted by Gasteiger charge is -2.27. The van der Waals surface area contributed by atoms with Gasteiger partial charge in [-0.2, -0.15) is 0 Å². The minimum atomic E-state index is -0.556. The molecule has 0 spiro atoms. The summed E-state index contributed by atoms with van der Waals surface area (Å²) in [6, 6.07) is -0.503. The first kappa shape index (κ1) is 16.8. The summed E-state index contributed by atoms with van der Waals surface area (Å²) >= 11 is 0. The maximum absolute atomic E-state index is 12.2. The van der Waals surface area contributed by atoms with E-state index in [1.54, 1.807) is 0 Å².